The molecule has 1 atom stereocenters. The van der Waals surface area contributed by atoms with Gasteiger partial charge in [-0.1, -0.05) is 36.4 Å². The third kappa shape index (κ3) is 4.54. The lowest BCUT2D eigenvalue weighted by atomic mass is 10.0. The number of benzene rings is 2. The third-order valence-electron chi connectivity index (χ3n) is 5.51. The molecule has 2 aliphatic heterocycles. The molecule has 2 aromatic rings. The number of likely N-dealkylation sites (tertiary alicyclic amines) is 1. The number of piperidine rings is 1. The molecule has 6 heteroatoms. The van der Waals surface area contributed by atoms with Gasteiger partial charge in [-0.25, -0.2) is 0 Å². The normalized spacial score (nSPS) is 20.1. The van der Waals surface area contributed by atoms with Crippen LogP contribution in [0, 0.1) is 0 Å². The summed E-state index contributed by atoms with van der Waals surface area (Å²) in [4.78, 5) is 40.3. The molecule has 0 saturated carbocycles. The van der Waals surface area contributed by atoms with Crippen LogP contribution < -0.4 is 10.2 Å². The third-order valence-corrected chi connectivity index (χ3v) is 5.51. The minimum Gasteiger partial charge on any atom is -0.348 e. The van der Waals surface area contributed by atoms with Gasteiger partial charge >= 0.3 is 0 Å². The smallest absolute Gasteiger partial charge is 0.251 e. The maximum absolute atomic E-state index is 12.8. The van der Waals surface area contributed by atoms with Crippen molar-refractivity contribution in [3.05, 3.63) is 65.7 Å². The molecule has 0 radical (unpaired) electrons. The van der Waals surface area contributed by atoms with Crippen LogP contribution in [0.1, 0.15) is 41.6 Å². The largest absolute Gasteiger partial charge is 0.348 e. The fraction of sp³-hybridized carbons (Fsp3) is 0.348. The van der Waals surface area contributed by atoms with E-state index in [-0.39, 0.29) is 36.6 Å². The second-order valence-corrected chi connectivity index (χ2v) is 7.71. The predicted molar refractivity (Wildman–Crippen MR) is 110 cm³/mol. The van der Waals surface area contributed by atoms with E-state index < -0.39 is 0 Å². The second kappa shape index (κ2) is 8.57. The van der Waals surface area contributed by atoms with Crippen molar-refractivity contribution in [1.82, 2.24) is 10.2 Å². The summed E-state index contributed by atoms with van der Waals surface area (Å²) in [6, 6.07) is 17.2. The minimum absolute atomic E-state index is 0.0821. The Hall–Kier alpha value is -2.99. The first-order valence-electron chi connectivity index (χ1n) is 10.1. The lowest BCUT2D eigenvalue weighted by Crippen LogP contribution is -2.47. The second-order valence-electron chi connectivity index (χ2n) is 7.71. The zero-order valence-electron chi connectivity index (χ0n) is 16.3. The highest BCUT2D eigenvalue weighted by Crippen LogP contribution is 2.23. The maximum Gasteiger partial charge on any atom is 0.251 e. The fourth-order valence-corrected chi connectivity index (χ4v) is 4.08. The number of amides is 3. The molecular weight excluding hydrogens is 366 g/mol. The Bertz CT molecular complexity index is 897. The Morgan fingerprint density at radius 3 is 2.52 bits per heavy atom. The number of nitrogens with zero attached hydrogens (tertiary/aromatic N) is 2. The number of carbonyl (C=O) groups is 3. The van der Waals surface area contributed by atoms with Crippen LogP contribution in [0.5, 0.6) is 0 Å². The van der Waals surface area contributed by atoms with E-state index in [1.165, 1.54) is 10.5 Å². The molecule has 2 fully saturated rings. The number of nitrogens with one attached hydrogen (secondary N) is 1. The topological polar surface area (TPSA) is 69.7 Å². The molecule has 3 amide bonds. The van der Waals surface area contributed by atoms with Crippen molar-refractivity contribution in [2.45, 2.75) is 38.3 Å². The van der Waals surface area contributed by atoms with Crippen LogP contribution in [0.3, 0.4) is 0 Å². The first-order valence-corrected chi connectivity index (χ1v) is 10.1. The highest BCUT2D eigenvalue weighted by molar-refractivity contribution is 6.20. The van der Waals surface area contributed by atoms with Crippen LogP contribution in [0.2, 0.25) is 0 Å². The van der Waals surface area contributed by atoms with Crippen LogP contribution >= 0.6 is 0 Å². The molecule has 150 valence electrons. The van der Waals surface area contributed by atoms with E-state index in [9.17, 15) is 14.4 Å². The van der Waals surface area contributed by atoms with Gasteiger partial charge < -0.3 is 5.32 Å². The van der Waals surface area contributed by atoms with Gasteiger partial charge in [0.05, 0.1) is 5.69 Å². The van der Waals surface area contributed by atoms with E-state index in [2.05, 4.69) is 22.3 Å². The van der Waals surface area contributed by atoms with Gasteiger partial charge in [-0.15, -0.1) is 0 Å². The molecule has 2 aromatic carbocycles. The molecule has 0 aliphatic carbocycles. The number of carbonyl (C=O) groups excluding carboxylic acids is 3. The number of anilines is 1. The molecule has 1 N–H and O–H groups in total. The molecule has 6 nitrogen and oxygen atoms in total. The monoisotopic (exact) mass is 391 g/mol. The van der Waals surface area contributed by atoms with Crippen molar-refractivity contribution in [1.29, 1.82) is 0 Å². The molecular formula is C23H25N3O3. The van der Waals surface area contributed by atoms with Gasteiger partial charge in [0.25, 0.3) is 5.91 Å². The zero-order valence-corrected chi connectivity index (χ0v) is 16.3. The standard InChI is InChI=1S/C23H25N3O3/c27-21-11-12-22(28)26(21)20-10-4-8-18(14-20)23(29)24-19-9-5-13-25(16-19)15-17-6-2-1-3-7-17/h1-4,6-8,10,14,19H,5,9,11-13,15-16H2,(H,24,29). The summed E-state index contributed by atoms with van der Waals surface area (Å²) in [5.41, 5.74) is 2.21. The first kappa shape index (κ1) is 19.3. The quantitative estimate of drug-likeness (QED) is 0.796. The van der Waals surface area contributed by atoms with Crippen LogP contribution in [-0.4, -0.2) is 41.8 Å². The van der Waals surface area contributed by atoms with Gasteiger partial charge in [0, 0.05) is 37.5 Å². The van der Waals surface area contributed by atoms with Gasteiger partial charge in [0.15, 0.2) is 0 Å². The summed E-state index contributed by atoms with van der Waals surface area (Å²) >= 11 is 0. The highest BCUT2D eigenvalue weighted by Gasteiger charge is 2.30. The van der Waals surface area contributed by atoms with E-state index in [1.54, 1.807) is 24.3 Å². The molecule has 2 aliphatic rings. The van der Waals surface area contributed by atoms with Gasteiger partial charge in [0.1, 0.15) is 0 Å². The maximum atomic E-state index is 12.8. The molecule has 0 aromatic heterocycles. The first-order chi connectivity index (χ1) is 14.1. The lowest BCUT2D eigenvalue weighted by Gasteiger charge is -2.33. The van der Waals surface area contributed by atoms with E-state index >= 15 is 0 Å². The summed E-state index contributed by atoms with van der Waals surface area (Å²) in [7, 11) is 0. The van der Waals surface area contributed by atoms with Crippen molar-refractivity contribution in [2.75, 3.05) is 18.0 Å². The molecule has 0 bridgehead atoms. The van der Waals surface area contributed by atoms with E-state index in [0.29, 0.717) is 11.3 Å². The molecule has 0 spiro atoms. The Morgan fingerprint density at radius 1 is 1.00 bits per heavy atom. The van der Waals surface area contributed by atoms with E-state index in [1.807, 2.05) is 18.2 Å². The highest BCUT2D eigenvalue weighted by atomic mass is 16.2. The predicted octanol–water partition coefficient (Wildman–Crippen LogP) is 2.73. The van der Waals surface area contributed by atoms with Gasteiger partial charge in [0.2, 0.25) is 11.8 Å². The lowest BCUT2D eigenvalue weighted by molar-refractivity contribution is -0.121. The molecule has 2 heterocycles. The van der Waals surface area contributed by atoms with E-state index in [4.69, 9.17) is 0 Å². The summed E-state index contributed by atoms with van der Waals surface area (Å²) in [6.07, 6.45) is 2.44. The average Bonchev–Trinajstić information content (AvgIpc) is 3.07. The Kier molecular flexibility index (Phi) is 5.71. The minimum atomic E-state index is -0.212. The zero-order chi connectivity index (χ0) is 20.2. The van der Waals surface area contributed by atoms with Crippen molar-refractivity contribution in [3.8, 4) is 0 Å². The summed E-state index contributed by atoms with van der Waals surface area (Å²) < 4.78 is 0. The van der Waals surface area contributed by atoms with Crippen molar-refractivity contribution < 1.29 is 14.4 Å². The van der Waals surface area contributed by atoms with Crippen LogP contribution in [0.25, 0.3) is 0 Å². The van der Waals surface area contributed by atoms with E-state index in [0.717, 1.165) is 32.5 Å². The Labute approximate surface area is 170 Å². The summed E-state index contributed by atoms with van der Waals surface area (Å²) in [5.74, 6) is -0.592. The average molecular weight is 391 g/mol. The van der Waals surface area contributed by atoms with Crippen molar-refractivity contribution >= 4 is 23.4 Å². The number of hydrogen-bond donors (Lipinski definition) is 1. The van der Waals surface area contributed by atoms with Gasteiger partial charge in [-0.05, 0) is 43.1 Å². The van der Waals surface area contributed by atoms with Crippen LogP contribution in [0.4, 0.5) is 5.69 Å². The van der Waals surface area contributed by atoms with Gasteiger partial charge in [-0.2, -0.15) is 0 Å². The molecule has 2 saturated heterocycles. The molecule has 1 unspecified atom stereocenters. The van der Waals surface area contributed by atoms with Crippen molar-refractivity contribution in [2.24, 2.45) is 0 Å². The molecule has 4 rings (SSSR count). The van der Waals surface area contributed by atoms with Gasteiger partial charge in [-0.3, -0.25) is 24.2 Å². The SMILES string of the molecule is O=C(NC1CCCN(Cc2ccccc2)C1)c1cccc(N2C(=O)CCC2=O)c1. The number of imide groups is 1. The molecule has 29 heavy (non-hydrogen) atoms. The Balaban J connectivity index is 1.39. The summed E-state index contributed by atoms with van der Waals surface area (Å²) in [5, 5.41) is 3.12. The Morgan fingerprint density at radius 2 is 1.76 bits per heavy atom. The number of hydrogen-bond acceptors (Lipinski definition) is 4. The van der Waals surface area contributed by atoms with Crippen molar-refractivity contribution in [3.63, 3.8) is 0 Å². The number of rotatable bonds is 5. The fourth-order valence-electron chi connectivity index (χ4n) is 4.08. The van der Waals surface area contributed by atoms with Crippen LogP contribution in [0.15, 0.2) is 54.6 Å². The van der Waals surface area contributed by atoms with Crippen LogP contribution in [-0.2, 0) is 16.1 Å². The summed E-state index contributed by atoms with van der Waals surface area (Å²) in [6.45, 7) is 2.71.